The predicted octanol–water partition coefficient (Wildman–Crippen LogP) is 5.51. The topological polar surface area (TPSA) is 75.3 Å². The second-order valence-electron chi connectivity index (χ2n) is 7.32. The molecule has 0 saturated heterocycles. The van der Waals surface area contributed by atoms with Gasteiger partial charge in [0.15, 0.2) is 0 Å². The van der Waals surface area contributed by atoms with Gasteiger partial charge >= 0.3 is 0 Å². The van der Waals surface area contributed by atoms with Crippen LogP contribution in [0.25, 0.3) is 0 Å². The monoisotopic (exact) mass is 500 g/mol. The Balaban J connectivity index is 1.83. The van der Waals surface area contributed by atoms with Crippen molar-refractivity contribution >= 4 is 43.0 Å². The van der Waals surface area contributed by atoms with Crippen LogP contribution in [-0.2, 0) is 21.1 Å². The zero-order valence-corrected chi connectivity index (χ0v) is 20.1. The molecule has 2 N–H and O–H groups in total. The molecule has 0 aromatic heterocycles. The number of aryl methyl sites for hydroxylation is 3. The number of hydrogen-bond acceptors (Lipinski definition) is 4. The largest absolute Gasteiger partial charge is 0.375 e. The van der Waals surface area contributed by atoms with Crippen LogP contribution in [0.2, 0.25) is 0 Å². The second-order valence-corrected chi connectivity index (χ2v) is 10.2. The first-order valence-electron chi connectivity index (χ1n) is 9.96. The van der Waals surface area contributed by atoms with Crippen molar-refractivity contribution < 1.29 is 13.2 Å². The Hall–Kier alpha value is -2.64. The first-order valence-corrected chi connectivity index (χ1v) is 12.2. The molecule has 7 heteroatoms. The fourth-order valence-corrected chi connectivity index (χ4v) is 5.24. The van der Waals surface area contributed by atoms with Gasteiger partial charge in [-0.05, 0) is 61.7 Å². The number of benzene rings is 3. The van der Waals surface area contributed by atoms with Crippen LogP contribution in [0.5, 0.6) is 0 Å². The number of nitrogens with one attached hydrogen (secondary N) is 2. The number of carbonyl (C=O) groups is 1. The molecule has 5 nitrogen and oxygen atoms in total. The van der Waals surface area contributed by atoms with Crippen molar-refractivity contribution in [3.63, 3.8) is 0 Å². The molecule has 1 amide bonds. The average molecular weight is 501 g/mol. The fraction of sp³-hybridized carbons (Fsp3) is 0.208. The van der Waals surface area contributed by atoms with Crippen molar-refractivity contribution in [2.75, 3.05) is 17.2 Å². The highest BCUT2D eigenvalue weighted by Gasteiger charge is 2.22. The molecule has 0 fully saturated rings. The Morgan fingerprint density at radius 1 is 1.00 bits per heavy atom. The Kier molecular flexibility index (Phi) is 7.18. The number of amides is 1. The predicted molar refractivity (Wildman–Crippen MR) is 128 cm³/mol. The molecule has 0 aliphatic rings. The number of carbonyl (C=O) groups excluding carboxylic acids is 1. The van der Waals surface area contributed by atoms with Gasteiger partial charge in [-0.2, -0.15) is 0 Å². The van der Waals surface area contributed by atoms with Crippen LogP contribution in [0.15, 0.2) is 74.9 Å². The molecule has 0 atom stereocenters. The van der Waals surface area contributed by atoms with E-state index in [0.29, 0.717) is 10.2 Å². The third kappa shape index (κ3) is 5.35. The van der Waals surface area contributed by atoms with E-state index in [-0.39, 0.29) is 22.2 Å². The Morgan fingerprint density at radius 2 is 1.71 bits per heavy atom. The van der Waals surface area contributed by atoms with Gasteiger partial charge in [0.2, 0.25) is 15.7 Å². The van der Waals surface area contributed by atoms with E-state index in [1.54, 1.807) is 42.5 Å². The van der Waals surface area contributed by atoms with E-state index in [0.717, 1.165) is 28.8 Å². The van der Waals surface area contributed by atoms with Gasteiger partial charge in [0.05, 0.1) is 22.0 Å². The van der Waals surface area contributed by atoms with Crippen LogP contribution >= 0.6 is 15.9 Å². The van der Waals surface area contributed by atoms with Crippen molar-refractivity contribution in [1.82, 2.24) is 0 Å². The summed E-state index contributed by atoms with van der Waals surface area (Å²) in [4.78, 5) is 12.9. The van der Waals surface area contributed by atoms with Gasteiger partial charge in [-0.15, -0.1) is 0 Å². The highest BCUT2D eigenvalue weighted by molar-refractivity contribution is 9.10. The minimum absolute atomic E-state index is 0.0600. The lowest BCUT2D eigenvalue weighted by molar-refractivity contribution is -0.114. The molecule has 0 spiro atoms. The van der Waals surface area contributed by atoms with E-state index < -0.39 is 9.84 Å². The third-order valence-electron chi connectivity index (χ3n) is 5.01. The lowest BCUT2D eigenvalue weighted by Gasteiger charge is -2.15. The van der Waals surface area contributed by atoms with Crippen LogP contribution in [0.3, 0.4) is 0 Å². The van der Waals surface area contributed by atoms with E-state index in [1.165, 1.54) is 0 Å². The molecular weight excluding hydrogens is 476 g/mol. The van der Waals surface area contributed by atoms with Gasteiger partial charge in [-0.1, -0.05) is 58.7 Å². The van der Waals surface area contributed by atoms with Crippen molar-refractivity contribution in [2.24, 2.45) is 0 Å². The zero-order valence-electron chi connectivity index (χ0n) is 17.7. The molecule has 3 aromatic carbocycles. The summed E-state index contributed by atoms with van der Waals surface area (Å²) >= 11 is 3.35. The molecule has 0 saturated carbocycles. The van der Waals surface area contributed by atoms with E-state index >= 15 is 0 Å². The highest BCUT2D eigenvalue weighted by atomic mass is 79.9. The number of rotatable bonds is 7. The van der Waals surface area contributed by atoms with Crippen molar-refractivity contribution in [3.05, 3.63) is 81.8 Å². The number of anilines is 2. The van der Waals surface area contributed by atoms with Gasteiger partial charge in [0, 0.05) is 10.2 Å². The lowest BCUT2D eigenvalue weighted by Crippen LogP contribution is -2.23. The molecule has 0 unspecified atom stereocenters. The molecule has 31 heavy (non-hydrogen) atoms. The second kappa shape index (κ2) is 9.66. The van der Waals surface area contributed by atoms with Crippen LogP contribution in [0.4, 0.5) is 11.4 Å². The molecule has 0 aliphatic carbocycles. The average Bonchev–Trinajstić information content (AvgIpc) is 2.74. The van der Waals surface area contributed by atoms with Gasteiger partial charge in [-0.25, -0.2) is 8.42 Å². The van der Waals surface area contributed by atoms with Crippen LogP contribution < -0.4 is 10.6 Å². The van der Waals surface area contributed by atoms with E-state index in [4.69, 9.17) is 0 Å². The number of halogens is 1. The van der Waals surface area contributed by atoms with Gasteiger partial charge < -0.3 is 10.6 Å². The van der Waals surface area contributed by atoms with Crippen LogP contribution in [-0.4, -0.2) is 20.9 Å². The molecular formula is C24H25BrN2O3S. The van der Waals surface area contributed by atoms with E-state index in [1.807, 2.05) is 39.0 Å². The maximum atomic E-state index is 13.2. The highest BCUT2D eigenvalue weighted by Crippen LogP contribution is 2.30. The summed E-state index contributed by atoms with van der Waals surface area (Å²) in [6, 6.07) is 17.5. The summed E-state index contributed by atoms with van der Waals surface area (Å²) in [6.45, 7) is 5.82. The fourth-order valence-electron chi connectivity index (χ4n) is 3.27. The van der Waals surface area contributed by atoms with Crippen molar-refractivity contribution in [1.29, 1.82) is 0 Å². The number of hydrogen-bond donors (Lipinski definition) is 2. The maximum Gasteiger partial charge on any atom is 0.243 e. The standard InChI is InChI=1S/C24H25BrN2O3S/c1-4-18-7-5-6-17(3)24(18)27-23(28)15-26-21-13-10-19(25)14-22(21)31(29,30)20-11-8-16(2)9-12-20/h5-14,26H,4,15H2,1-3H3,(H,27,28). The molecule has 0 heterocycles. The SMILES string of the molecule is CCc1cccc(C)c1NC(=O)CNc1ccc(Br)cc1S(=O)(=O)c1ccc(C)cc1. The minimum Gasteiger partial charge on any atom is -0.375 e. The van der Waals surface area contributed by atoms with E-state index in [9.17, 15) is 13.2 Å². The maximum absolute atomic E-state index is 13.2. The Morgan fingerprint density at radius 3 is 2.39 bits per heavy atom. The van der Waals surface area contributed by atoms with E-state index in [2.05, 4.69) is 26.6 Å². The number of sulfone groups is 1. The molecule has 0 aliphatic heterocycles. The zero-order chi connectivity index (χ0) is 22.6. The summed E-state index contributed by atoms with van der Waals surface area (Å²) in [5, 5.41) is 5.94. The van der Waals surface area contributed by atoms with Crippen molar-refractivity contribution in [3.8, 4) is 0 Å². The van der Waals surface area contributed by atoms with Crippen molar-refractivity contribution in [2.45, 2.75) is 37.0 Å². The summed E-state index contributed by atoms with van der Waals surface area (Å²) in [7, 11) is -3.76. The Labute approximate surface area is 191 Å². The van der Waals surface area contributed by atoms with Gasteiger partial charge in [0.25, 0.3) is 0 Å². The molecule has 3 aromatic rings. The number of para-hydroxylation sites is 1. The normalized spacial score (nSPS) is 11.2. The van der Waals surface area contributed by atoms with Crippen LogP contribution in [0, 0.1) is 13.8 Å². The van der Waals surface area contributed by atoms with Gasteiger partial charge in [0.1, 0.15) is 0 Å². The molecule has 3 rings (SSSR count). The van der Waals surface area contributed by atoms with Gasteiger partial charge in [-0.3, -0.25) is 4.79 Å². The molecule has 162 valence electrons. The summed E-state index contributed by atoms with van der Waals surface area (Å²) in [5.41, 5.74) is 4.20. The lowest BCUT2D eigenvalue weighted by atomic mass is 10.1. The first kappa shape index (κ1) is 23.0. The first-order chi connectivity index (χ1) is 14.7. The molecule has 0 radical (unpaired) electrons. The summed E-state index contributed by atoms with van der Waals surface area (Å²) in [6.07, 6.45) is 0.802. The summed E-state index contributed by atoms with van der Waals surface area (Å²) < 4.78 is 27.1. The third-order valence-corrected chi connectivity index (χ3v) is 7.31. The summed E-state index contributed by atoms with van der Waals surface area (Å²) in [5.74, 6) is -0.245. The molecule has 0 bridgehead atoms. The minimum atomic E-state index is -3.76. The smallest absolute Gasteiger partial charge is 0.243 e. The Bertz CT molecular complexity index is 1210. The quantitative estimate of drug-likeness (QED) is 0.448. The van der Waals surface area contributed by atoms with Crippen LogP contribution in [0.1, 0.15) is 23.6 Å².